The van der Waals surface area contributed by atoms with Gasteiger partial charge in [0, 0.05) is 28.7 Å². The summed E-state index contributed by atoms with van der Waals surface area (Å²) >= 11 is 0. The Bertz CT molecular complexity index is 1020. The minimum Gasteiger partial charge on any atom is -0.340 e. The third kappa shape index (κ3) is 2.14. The van der Waals surface area contributed by atoms with E-state index in [1.807, 2.05) is 31.2 Å². The second-order valence-electron chi connectivity index (χ2n) is 7.65. The van der Waals surface area contributed by atoms with Gasteiger partial charge in [-0.15, -0.1) is 6.58 Å². The number of hydrogen-bond donors (Lipinski definition) is 0. The minimum absolute atomic E-state index is 0.148. The molecular formula is C22H21N3O2. The molecule has 1 aromatic heterocycles. The van der Waals surface area contributed by atoms with Crippen molar-refractivity contribution in [2.24, 2.45) is 28.8 Å². The fourth-order valence-corrected chi connectivity index (χ4v) is 5.10. The molecule has 0 spiro atoms. The van der Waals surface area contributed by atoms with Crippen LogP contribution in [0.3, 0.4) is 0 Å². The van der Waals surface area contributed by atoms with Gasteiger partial charge in [0.2, 0.25) is 0 Å². The van der Waals surface area contributed by atoms with Crippen molar-refractivity contribution in [3.05, 3.63) is 60.3 Å². The van der Waals surface area contributed by atoms with Crippen LogP contribution < -0.4 is 0 Å². The number of hydrazone groups is 1. The molecule has 5 heteroatoms. The lowest BCUT2D eigenvalue weighted by molar-refractivity contribution is -0.140. The molecule has 136 valence electrons. The van der Waals surface area contributed by atoms with E-state index in [2.05, 4.69) is 34.5 Å². The Balaban J connectivity index is 1.52. The van der Waals surface area contributed by atoms with E-state index in [0.717, 1.165) is 33.6 Å². The molecule has 3 aliphatic rings. The first-order valence-electron chi connectivity index (χ1n) is 9.40. The number of amides is 2. The second-order valence-corrected chi connectivity index (χ2v) is 7.65. The summed E-state index contributed by atoms with van der Waals surface area (Å²) in [6.07, 6.45) is 8.65. The highest BCUT2D eigenvalue weighted by molar-refractivity contribution is 6.08. The molecule has 2 aliphatic carbocycles. The number of fused-ring (bicyclic) bond motifs is 6. The number of imide groups is 1. The zero-order valence-electron chi connectivity index (χ0n) is 15.2. The topological polar surface area (TPSA) is 54.7 Å². The van der Waals surface area contributed by atoms with E-state index < -0.39 is 0 Å². The van der Waals surface area contributed by atoms with Gasteiger partial charge in [-0.2, -0.15) is 10.1 Å². The Morgan fingerprint density at radius 3 is 2.48 bits per heavy atom. The van der Waals surface area contributed by atoms with Gasteiger partial charge >= 0.3 is 0 Å². The Hall–Kier alpha value is -2.95. The predicted molar refractivity (Wildman–Crippen MR) is 104 cm³/mol. The summed E-state index contributed by atoms with van der Waals surface area (Å²) in [4.78, 5) is 25.6. The zero-order valence-corrected chi connectivity index (χ0v) is 15.2. The van der Waals surface area contributed by atoms with Gasteiger partial charge in [0.25, 0.3) is 11.8 Å². The summed E-state index contributed by atoms with van der Waals surface area (Å²) in [7, 11) is 0. The first-order chi connectivity index (χ1) is 13.1. The van der Waals surface area contributed by atoms with Gasteiger partial charge in [-0.25, -0.2) is 0 Å². The number of benzene rings is 1. The van der Waals surface area contributed by atoms with Crippen LogP contribution in [0.5, 0.6) is 0 Å². The van der Waals surface area contributed by atoms with E-state index in [9.17, 15) is 9.59 Å². The smallest absolute Gasteiger partial charge is 0.254 e. The van der Waals surface area contributed by atoms with E-state index in [-0.39, 0.29) is 35.5 Å². The fourth-order valence-electron chi connectivity index (χ4n) is 5.10. The number of para-hydroxylation sites is 1. The molecule has 2 amide bonds. The van der Waals surface area contributed by atoms with Crippen molar-refractivity contribution in [3.63, 3.8) is 0 Å². The maximum Gasteiger partial charge on any atom is 0.254 e. The number of aromatic nitrogens is 1. The summed E-state index contributed by atoms with van der Waals surface area (Å²) in [5, 5.41) is 6.53. The molecule has 1 aliphatic heterocycles. The number of nitrogens with zero attached hydrogens (tertiary/aromatic N) is 3. The quantitative estimate of drug-likeness (QED) is 0.478. The Kier molecular flexibility index (Phi) is 3.47. The molecule has 0 radical (unpaired) electrons. The van der Waals surface area contributed by atoms with Crippen molar-refractivity contribution in [3.8, 4) is 0 Å². The van der Waals surface area contributed by atoms with Gasteiger partial charge in [0.05, 0.1) is 18.1 Å². The van der Waals surface area contributed by atoms with Gasteiger partial charge in [0.1, 0.15) is 0 Å². The van der Waals surface area contributed by atoms with Crippen molar-refractivity contribution in [2.45, 2.75) is 19.9 Å². The van der Waals surface area contributed by atoms with Gasteiger partial charge < -0.3 is 4.57 Å². The van der Waals surface area contributed by atoms with Crippen LogP contribution in [0, 0.1) is 30.6 Å². The summed E-state index contributed by atoms with van der Waals surface area (Å²) in [6.45, 7) is 6.56. The monoisotopic (exact) mass is 359 g/mol. The minimum atomic E-state index is -0.215. The largest absolute Gasteiger partial charge is 0.340 e. The molecule has 4 atom stereocenters. The molecule has 2 bridgehead atoms. The maximum atomic E-state index is 12.8. The van der Waals surface area contributed by atoms with Crippen molar-refractivity contribution in [1.82, 2.24) is 9.58 Å². The Labute approximate surface area is 157 Å². The molecule has 2 heterocycles. The highest BCUT2D eigenvalue weighted by Gasteiger charge is 2.59. The normalized spacial score (nSPS) is 28.9. The standard InChI is InChI=1S/C22H21N3O2/c1-3-10-24-13(2)17(16-6-4-5-7-18(16)24)12-23-25-21(26)19-14-8-9-15(11-14)20(19)22(25)27/h3-9,12,14-15,19-20H,1,10-11H2,2H3. The average Bonchev–Trinajstić information content (AvgIpc) is 3.40. The summed E-state index contributed by atoms with van der Waals surface area (Å²) < 4.78 is 2.16. The van der Waals surface area contributed by atoms with Crippen molar-refractivity contribution < 1.29 is 9.59 Å². The molecule has 27 heavy (non-hydrogen) atoms. The summed E-state index contributed by atoms with van der Waals surface area (Å²) in [5.41, 5.74) is 3.07. The Morgan fingerprint density at radius 1 is 1.15 bits per heavy atom. The lowest BCUT2D eigenvalue weighted by Crippen LogP contribution is -2.28. The fraction of sp³-hybridized carbons (Fsp3) is 0.318. The molecule has 2 fully saturated rings. The highest BCUT2D eigenvalue weighted by atomic mass is 16.2. The van der Waals surface area contributed by atoms with Crippen molar-refractivity contribution in [2.75, 3.05) is 0 Å². The maximum absolute atomic E-state index is 12.8. The van der Waals surface area contributed by atoms with E-state index in [1.54, 1.807) is 6.21 Å². The van der Waals surface area contributed by atoms with Crippen molar-refractivity contribution in [1.29, 1.82) is 0 Å². The molecule has 1 saturated carbocycles. The molecule has 5 nitrogen and oxygen atoms in total. The molecular weight excluding hydrogens is 338 g/mol. The van der Waals surface area contributed by atoms with E-state index in [1.165, 1.54) is 0 Å². The lowest BCUT2D eigenvalue weighted by atomic mass is 9.85. The number of carbonyl (C=O) groups is 2. The van der Waals surface area contributed by atoms with Crippen LogP contribution in [0.2, 0.25) is 0 Å². The molecule has 1 aromatic carbocycles. The third-order valence-corrected chi connectivity index (χ3v) is 6.34. The highest BCUT2D eigenvalue weighted by Crippen LogP contribution is 2.52. The first kappa shape index (κ1) is 16.2. The van der Waals surface area contributed by atoms with E-state index >= 15 is 0 Å². The lowest BCUT2D eigenvalue weighted by Gasteiger charge is -2.13. The van der Waals surface area contributed by atoms with Gasteiger partial charge in [-0.3, -0.25) is 9.59 Å². The summed E-state index contributed by atoms with van der Waals surface area (Å²) in [5.74, 6) is -0.322. The van der Waals surface area contributed by atoms with Crippen molar-refractivity contribution >= 4 is 28.9 Å². The molecule has 0 N–H and O–H groups in total. The number of rotatable bonds is 4. The van der Waals surface area contributed by atoms with Gasteiger partial charge in [0.15, 0.2) is 0 Å². The second kappa shape index (κ2) is 5.78. The molecule has 5 rings (SSSR count). The number of carbonyl (C=O) groups excluding carboxylic acids is 2. The van der Waals surface area contributed by atoms with Crippen LogP contribution in [-0.2, 0) is 16.1 Å². The average molecular weight is 359 g/mol. The zero-order chi connectivity index (χ0) is 18.7. The first-order valence-corrected chi connectivity index (χ1v) is 9.40. The SMILES string of the molecule is C=CCn1c(C)c(C=NN2C(=O)C3C4C=CC(C4)C3C2=O)c2ccccc21. The van der Waals surface area contributed by atoms with Gasteiger partial charge in [-0.05, 0) is 31.2 Å². The van der Waals surface area contributed by atoms with Crippen LogP contribution >= 0.6 is 0 Å². The molecule has 4 unspecified atom stereocenters. The van der Waals surface area contributed by atoms with Crippen LogP contribution in [-0.4, -0.2) is 27.6 Å². The Morgan fingerprint density at radius 2 is 1.81 bits per heavy atom. The van der Waals surface area contributed by atoms with Crippen LogP contribution in [0.1, 0.15) is 17.7 Å². The predicted octanol–water partition coefficient (Wildman–Crippen LogP) is 3.28. The van der Waals surface area contributed by atoms with Crippen LogP contribution in [0.25, 0.3) is 10.9 Å². The van der Waals surface area contributed by atoms with E-state index in [0.29, 0.717) is 6.54 Å². The molecule has 2 aromatic rings. The number of allylic oxidation sites excluding steroid dienone is 3. The number of hydrogen-bond acceptors (Lipinski definition) is 3. The third-order valence-electron chi connectivity index (χ3n) is 6.34. The van der Waals surface area contributed by atoms with E-state index in [4.69, 9.17) is 0 Å². The van der Waals surface area contributed by atoms with Crippen LogP contribution in [0.4, 0.5) is 0 Å². The molecule has 1 saturated heterocycles. The van der Waals surface area contributed by atoms with Crippen LogP contribution in [0.15, 0.2) is 54.2 Å². The van der Waals surface area contributed by atoms with Gasteiger partial charge in [-0.1, -0.05) is 36.4 Å². The summed E-state index contributed by atoms with van der Waals surface area (Å²) in [6, 6.07) is 8.08.